The Labute approximate surface area is 255 Å². The molecular weight excluding hydrogens is 548 g/mol. The van der Waals surface area contributed by atoms with Crippen molar-refractivity contribution in [1.29, 1.82) is 0 Å². The Hall–Kier alpha value is -2.39. The molecule has 43 heavy (non-hydrogen) atoms. The zero-order valence-corrected chi connectivity index (χ0v) is 26.4. The number of ether oxygens (including phenoxy) is 2. The number of rotatable bonds is 6. The topological polar surface area (TPSA) is 110 Å². The Kier molecular flexibility index (Phi) is 8.20. The third-order valence-corrected chi connectivity index (χ3v) is 12.9. The summed E-state index contributed by atoms with van der Waals surface area (Å²) in [5.74, 6) is 0.315. The van der Waals surface area contributed by atoms with Gasteiger partial charge in [-0.2, -0.15) is 0 Å². The minimum absolute atomic E-state index is 0.0749. The number of amides is 1. The van der Waals surface area contributed by atoms with E-state index in [0.29, 0.717) is 24.9 Å². The van der Waals surface area contributed by atoms with Crippen molar-refractivity contribution in [2.75, 3.05) is 33.3 Å². The maximum Gasteiger partial charge on any atom is 0.409 e. The van der Waals surface area contributed by atoms with E-state index >= 15 is 0 Å². The molecule has 0 bridgehead atoms. The van der Waals surface area contributed by atoms with Crippen LogP contribution in [0.25, 0.3) is 0 Å². The van der Waals surface area contributed by atoms with Gasteiger partial charge in [-0.15, -0.1) is 0 Å². The summed E-state index contributed by atoms with van der Waals surface area (Å²) < 4.78 is 16.8. The molecule has 1 N–H and O–H groups in total. The maximum absolute atomic E-state index is 13.0. The molecule has 5 fully saturated rings. The minimum Gasteiger partial charge on any atom is -0.462 e. The lowest BCUT2D eigenvalue weighted by atomic mass is 9.43. The monoisotopic (exact) mass is 598 g/mol. The molecule has 5 aliphatic rings. The number of aliphatic hydroxyl groups is 1. The molecule has 0 spiro atoms. The first kappa shape index (κ1) is 30.6. The summed E-state index contributed by atoms with van der Waals surface area (Å²) in [6, 6.07) is 3.35. The van der Waals surface area contributed by atoms with E-state index in [0.717, 1.165) is 70.1 Å². The van der Waals surface area contributed by atoms with Crippen LogP contribution in [0.2, 0.25) is 0 Å². The summed E-state index contributed by atoms with van der Waals surface area (Å²) in [5.41, 5.74) is -1.06. The molecule has 1 amide bonds. The van der Waals surface area contributed by atoms with Crippen molar-refractivity contribution in [2.24, 2.45) is 28.6 Å². The number of fused-ring (bicyclic) bond motifs is 5. The predicted molar refractivity (Wildman–Crippen MR) is 160 cm³/mol. The quantitative estimate of drug-likeness (QED) is 0.458. The molecule has 1 aromatic rings. The highest BCUT2D eigenvalue weighted by Crippen LogP contribution is 2.71. The molecule has 9 heteroatoms. The molecule has 1 saturated heterocycles. The second-order valence-corrected chi connectivity index (χ2v) is 14.8. The Bertz CT molecular complexity index is 1240. The largest absolute Gasteiger partial charge is 0.462 e. The molecular formula is C34H50N2O7. The van der Waals surface area contributed by atoms with Gasteiger partial charge in [-0.25, -0.2) is 9.59 Å². The van der Waals surface area contributed by atoms with Gasteiger partial charge in [0.05, 0.1) is 11.9 Å². The van der Waals surface area contributed by atoms with Crippen molar-refractivity contribution in [3.05, 3.63) is 34.4 Å². The van der Waals surface area contributed by atoms with Crippen molar-refractivity contribution < 1.29 is 28.6 Å². The minimum atomic E-state index is -1.00. The van der Waals surface area contributed by atoms with Crippen LogP contribution in [0.3, 0.4) is 0 Å². The lowest BCUT2D eigenvalue weighted by molar-refractivity contribution is -0.203. The van der Waals surface area contributed by atoms with E-state index in [1.165, 1.54) is 32.1 Å². The molecule has 238 valence electrons. The van der Waals surface area contributed by atoms with Crippen molar-refractivity contribution >= 4 is 12.1 Å². The van der Waals surface area contributed by atoms with Crippen LogP contribution in [0.4, 0.5) is 4.79 Å². The first-order valence-electron chi connectivity index (χ1n) is 16.6. The number of likely N-dealkylation sites (tertiary alicyclic amines) is 1. The van der Waals surface area contributed by atoms with E-state index in [1.807, 2.05) is 11.9 Å². The molecule has 0 unspecified atom stereocenters. The number of hydrogen-bond acceptors (Lipinski definition) is 8. The number of carbonyl (C=O) groups is 2. The van der Waals surface area contributed by atoms with Gasteiger partial charge in [-0.1, -0.05) is 13.8 Å². The third-order valence-electron chi connectivity index (χ3n) is 12.9. The van der Waals surface area contributed by atoms with Gasteiger partial charge in [-0.3, -0.25) is 9.69 Å². The molecule has 4 aliphatic carbocycles. The van der Waals surface area contributed by atoms with E-state index < -0.39 is 22.7 Å². The lowest BCUT2D eigenvalue weighted by Crippen LogP contribution is -2.62. The van der Waals surface area contributed by atoms with Gasteiger partial charge in [0.1, 0.15) is 12.7 Å². The van der Waals surface area contributed by atoms with Gasteiger partial charge in [-0.05, 0) is 106 Å². The fourth-order valence-electron chi connectivity index (χ4n) is 10.5. The molecule has 1 aliphatic heterocycles. The van der Waals surface area contributed by atoms with Crippen LogP contribution in [-0.4, -0.2) is 78.0 Å². The van der Waals surface area contributed by atoms with Gasteiger partial charge in [0.25, 0.3) is 0 Å². The zero-order chi connectivity index (χ0) is 30.6. The van der Waals surface area contributed by atoms with E-state index in [9.17, 15) is 19.5 Å². The Morgan fingerprint density at radius 3 is 2.56 bits per heavy atom. The summed E-state index contributed by atoms with van der Waals surface area (Å²) in [6.07, 6.45) is 10.3. The van der Waals surface area contributed by atoms with Crippen molar-refractivity contribution in [3.63, 3.8) is 0 Å². The van der Waals surface area contributed by atoms with Crippen LogP contribution in [0, 0.1) is 28.6 Å². The predicted octanol–water partition coefficient (Wildman–Crippen LogP) is 4.96. The molecule has 0 radical (unpaired) electrons. The van der Waals surface area contributed by atoms with Gasteiger partial charge in [0, 0.05) is 50.4 Å². The van der Waals surface area contributed by atoms with Crippen LogP contribution < -0.4 is 5.63 Å². The highest BCUT2D eigenvalue weighted by Gasteiger charge is 2.70. The van der Waals surface area contributed by atoms with Crippen molar-refractivity contribution in [2.45, 2.75) is 109 Å². The average Bonchev–Trinajstić information content (AvgIpc) is 3.56. The fourth-order valence-corrected chi connectivity index (χ4v) is 10.5. The average molecular weight is 599 g/mol. The lowest BCUT2D eigenvalue weighted by Gasteiger charge is -2.63. The molecule has 0 aromatic carbocycles. The molecule has 2 heterocycles. The number of nitrogens with zero attached hydrogens (tertiary/aromatic N) is 2. The van der Waals surface area contributed by atoms with Gasteiger partial charge in [0.2, 0.25) is 0 Å². The SMILES string of the molecule is CC(=O)O[C@H]1C[C@]2(O)[C@@H]3CC[C@@H]4C[C@@H](N(C)C(=O)OCCN5CCCC5)CC[C@]4(C)[C@H]3CC[C@]2(C)[C@H]1c1ccc(=O)oc1. The highest BCUT2D eigenvalue weighted by atomic mass is 16.6. The second-order valence-electron chi connectivity index (χ2n) is 14.8. The van der Waals surface area contributed by atoms with Crippen LogP contribution in [0.1, 0.15) is 96.5 Å². The maximum atomic E-state index is 13.0. The number of hydrogen-bond donors (Lipinski definition) is 1. The van der Waals surface area contributed by atoms with Crippen molar-refractivity contribution in [1.82, 2.24) is 9.80 Å². The summed E-state index contributed by atoms with van der Waals surface area (Å²) in [7, 11) is 1.89. The standard InChI is InChI=1S/C34H50N2O7/c1-22(37)43-28-20-34(40)27-9-8-24-19-25(35(4)31(39)41-18-17-36-15-5-6-16-36)11-13-32(24,2)26(27)12-14-33(34,3)30(28)23-7-10-29(38)42-21-23/h7,10,21,24-28,30,40H,5-6,8-9,11-20H2,1-4H3/t24-,25+,26+,27-,28+,30+,32+,33-,34+/m1/s1. The van der Waals surface area contributed by atoms with E-state index in [-0.39, 0.29) is 35.4 Å². The smallest absolute Gasteiger partial charge is 0.409 e. The summed E-state index contributed by atoms with van der Waals surface area (Å²) in [4.78, 5) is 41.1. The van der Waals surface area contributed by atoms with E-state index in [4.69, 9.17) is 13.9 Å². The molecule has 6 rings (SSSR count). The first-order valence-corrected chi connectivity index (χ1v) is 16.6. The van der Waals surface area contributed by atoms with Crippen LogP contribution in [0.5, 0.6) is 0 Å². The summed E-state index contributed by atoms with van der Waals surface area (Å²) in [5, 5.41) is 12.8. The Balaban J connectivity index is 1.17. The van der Waals surface area contributed by atoms with Crippen molar-refractivity contribution in [3.8, 4) is 0 Å². The Morgan fingerprint density at radius 1 is 1.09 bits per heavy atom. The zero-order valence-electron chi connectivity index (χ0n) is 26.4. The third kappa shape index (κ3) is 5.22. The highest BCUT2D eigenvalue weighted by molar-refractivity contribution is 5.67. The van der Waals surface area contributed by atoms with E-state index in [1.54, 1.807) is 6.07 Å². The van der Waals surface area contributed by atoms with Crippen LogP contribution >= 0.6 is 0 Å². The van der Waals surface area contributed by atoms with Gasteiger partial charge >= 0.3 is 17.7 Å². The van der Waals surface area contributed by atoms with E-state index in [2.05, 4.69) is 18.7 Å². The molecule has 4 saturated carbocycles. The normalized spacial score (nSPS) is 40.7. The first-order chi connectivity index (χ1) is 20.5. The Morgan fingerprint density at radius 2 is 1.86 bits per heavy atom. The van der Waals surface area contributed by atoms with Crippen LogP contribution in [0.15, 0.2) is 27.6 Å². The summed E-state index contributed by atoms with van der Waals surface area (Å²) >= 11 is 0. The van der Waals surface area contributed by atoms with Crippen LogP contribution in [-0.2, 0) is 14.3 Å². The number of esters is 1. The number of carbonyl (C=O) groups excluding carboxylic acids is 2. The van der Waals surface area contributed by atoms with Gasteiger partial charge in [0.15, 0.2) is 0 Å². The second kappa shape index (κ2) is 11.5. The summed E-state index contributed by atoms with van der Waals surface area (Å²) in [6.45, 7) is 9.45. The molecule has 9 nitrogen and oxygen atoms in total. The molecule has 9 atom stereocenters. The fraction of sp³-hybridized carbons (Fsp3) is 0.794. The molecule has 1 aromatic heterocycles. The van der Waals surface area contributed by atoms with Gasteiger partial charge < -0.3 is 23.9 Å².